The van der Waals surface area contributed by atoms with Crippen LogP contribution in [-0.2, 0) is 49.6 Å². The molecule has 0 saturated heterocycles. The zero-order chi connectivity index (χ0) is 63.7. The molecule has 0 fully saturated rings. The maximum absolute atomic E-state index is 14.1. The third kappa shape index (κ3) is 18.6. The number of ketones is 5. The van der Waals surface area contributed by atoms with E-state index in [0.29, 0.717) is 22.2 Å². The summed E-state index contributed by atoms with van der Waals surface area (Å²) in [5.74, 6) is -10.9. The topological polar surface area (TPSA) is 380 Å². The largest absolute Gasteiger partial charge is 0.508 e. The van der Waals surface area contributed by atoms with Crippen LogP contribution in [0.15, 0.2) is 76.3 Å². The third-order valence-corrected chi connectivity index (χ3v) is 15.3. The number of hydrogen-bond donors (Lipinski definition) is 10. The van der Waals surface area contributed by atoms with Gasteiger partial charge in [0, 0.05) is 109 Å². The van der Waals surface area contributed by atoms with Gasteiger partial charge in [-0.25, -0.2) is 9.78 Å². The Hall–Kier alpha value is -8.77. The predicted molar refractivity (Wildman–Crippen MR) is 316 cm³/mol. The van der Waals surface area contributed by atoms with Gasteiger partial charge >= 0.3 is 5.97 Å². The Labute approximate surface area is 497 Å². The fraction of sp³-hybridized carbons (Fsp3) is 0.468. The first-order chi connectivity index (χ1) is 40.6. The smallest absolute Gasteiger partial charge is 0.336 e. The van der Waals surface area contributed by atoms with Gasteiger partial charge in [0.15, 0.2) is 28.6 Å². The normalized spacial score (nSPS) is 14.9. The van der Waals surface area contributed by atoms with Crippen LogP contribution < -0.4 is 37.3 Å². The predicted octanol–water partition coefficient (Wildman–Crippen LogP) is 4.14. The van der Waals surface area contributed by atoms with E-state index in [1.807, 2.05) is 0 Å². The van der Waals surface area contributed by atoms with Crippen molar-refractivity contribution in [2.75, 3.05) is 13.6 Å². The van der Waals surface area contributed by atoms with Gasteiger partial charge in [-0.2, -0.15) is 0 Å². The van der Waals surface area contributed by atoms with E-state index in [0.717, 1.165) is 0 Å². The number of aromatic nitrogens is 2. The summed E-state index contributed by atoms with van der Waals surface area (Å²) >= 11 is 0. The summed E-state index contributed by atoms with van der Waals surface area (Å²) in [6.45, 7) is 11.9. The second-order valence-corrected chi connectivity index (χ2v) is 22.0. The Kier molecular flexibility index (Phi) is 24.8. The number of aromatic amines is 1. The number of aromatic hydroxyl groups is 1. The van der Waals surface area contributed by atoms with Crippen LogP contribution in [0.5, 0.6) is 5.75 Å². The van der Waals surface area contributed by atoms with Crippen molar-refractivity contribution in [3.8, 4) is 28.2 Å². The summed E-state index contributed by atoms with van der Waals surface area (Å²) in [6.07, 6.45) is 1.04. The molecule has 1 aromatic heterocycles. The van der Waals surface area contributed by atoms with Crippen LogP contribution in [0, 0.1) is 23.7 Å². The molecule has 1 aliphatic heterocycles. The minimum atomic E-state index is -1.31. The number of aliphatic hydroxyl groups excluding tert-OH is 1. The molecule has 24 heteroatoms. The molecule has 10 N–H and O–H groups in total. The second-order valence-electron chi connectivity index (χ2n) is 22.0. The fourth-order valence-electron chi connectivity index (χ4n) is 9.64. The maximum Gasteiger partial charge on any atom is 0.336 e. The van der Waals surface area contributed by atoms with E-state index in [1.165, 1.54) is 102 Å². The summed E-state index contributed by atoms with van der Waals surface area (Å²) in [5, 5.41) is 47.5. The van der Waals surface area contributed by atoms with Crippen LogP contribution in [-0.4, -0.2) is 140 Å². The van der Waals surface area contributed by atoms with Crippen molar-refractivity contribution in [2.45, 2.75) is 149 Å². The number of carbonyl (C=O) groups is 11. The Morgan fingerprint density at radius 1 is 0.651 bits per heavy atom. The van der Waals surface area contributed by atoms with E-state index in [1.54, 1.807) is 27.8 Å². The number of H-pyrrole nitrogens is 1. The first-order valence-corrected chi connectivity index (χ1v) is 28.7. The summed E-state index contributed by atoms with van der Waals surface area (Å²) in [5.41, 5.74) is 1.11. The van der Waals surface area contributed by atoms with Crippen LogP contribution in [0.2, 0.25) is 0 Å². The minimum Gasteiger partial charge on any atom is -0.508 e. The van der Waals surface area contributed by atoms with E-state index in [9.17, 15) is 72.9 Å². The molecule has 3 aromatic rings. The van der Waals surface area contributed by atoms with E-state index in [-0.39, 0.29) is 102 Å². The van der Waals surface area contributed by atoms with Crippen molar-refractivity contribution < 1.29 is 72.5 Å². The molecular weight excluding hydrogens is 1110 g/mol. The van der Waals surface area contributed by atoms with Crippen molar-refractivity contribution in [2.24, 2.45) is 23.7 Å². The van der Waals surface area contributed by atoms with Crippen molar-refractivity contribution in [3.63, 3.8) is 0 Å². The lowest BCUT2D eigenvalue weighted by atomic mass is 9.89. The minimum absolute atomic E-state index is 0.0540. The molecule has 5 amide bonds. The zero-order valence-electron chi connectivity index (χ0n) is 49.8. The summed E-state index contributed by atoms with van der Waals surface area (Å²) < 4.78 is 5.92. The van der Waals surface area contributed by atoms with E-state index in [2.05, 4.69) is 41.9 Å². The Balaban J connectivity index is 1.23. The van der Waals surface area contributed by atoms with Crippen LogP contribution in [0.25, 0.3) is 33.4 Å². The van der Waals surface area contributed by atoms with Crippen molar-refractivity contribution in [1.29, 1.82) is 0 Å². The van der Waals surface area contributed by atoms with Gasteiger partial charge in [0.1, 0.15) is 22.9 Å². The number of carboxylic acid groups (broad SMARTS) is 1. The molecule has 0 unspecified atom stereocenters. The van der Waals surface area contributed by atoms with Crippen LogP contribution in [0.4, 0.5) is 0 Å². The first-order valence-electron chi connectivity index (χ1n) is 28.7. The molecule has 0 radical (unpaired) electrons. The number of rotatable bonds is 34. The highest BCUT2D eigenvalue weighted by atomic mass is 16.4. The number of Topliss-reactive ketones (excluding diaryl/α,β-unsaturated/α-hetero) is 5. The molecule has 0 saturated carbocycles. The fourth-order valence-corrected chi connectivity index (χ4v) is 9.64. The molecule has 10 atom stereocenters. The molecule has 0 spiro atoms. The van der Waals surface area contributed by atoms with Gasteiger partial charge in [-0.3, -0.25) is 52.7 Å². The van der Waals surface area contributed by atoms with Crippen LogP contribution >= 0.6 is 0 Å². The number of imidazole rings is 1. The number of nitrogens with one attached hydrogen (secondary N) is 7. The SMILES string of the molecule is CCC(=O)[C@@H](Cc1cnc[nH]1)NC(=O)[C@H](CC(=O)[C@@H](C)NC(=O)[C@@H](C)CC(=O)[C@@H](C)NC(=O)[C@@H](CCCCNC(=O)c1ccc(C(=O)O)c(-c2c3ccc(=O)cc-3oc3cc(O)ccc23)c1)CC(=O)[C@@H](C)NC(=O)[C@@H](C)CC(=O)[C@@H](C)NC)[C@H](C)O. The second kappa shape index (κ2) is 31.4. The number of aromatic carboxylic acids is 1. The number of likely N-dealkylation sites (N-methyl/N-ethyl adjacent to an activating group) is 1. The number of phenolic OH excluding ortho intramolecular Hbond substituents is 1. The number of hydrogen-bond acceptors (Lipinski definition) is 17. The Morgan fingerprint density at radius 2 is 1.26 bits per heavy atom. The van der Waals surface area contributed by atoms with Crippen LogP contribution in [0.1, 0.15) is 133 Å². The number of unbranched alkanes of at least 4 members (excludes halogenated alkanes) is 1. The molecule has 2 aliphatic rings. The molecule has 462 valence electrons. The van der Waals surface area contributed by atoms with Crippen molar-refractivity contribution in [1.82, 2.24) is 41.9 Å². The molecule has 86 heavy (non-hydrogen) atoms. The molecular formula is C62H78N8O16. The van der Waals surface area contributed by atoms with Gasteiger partial charge in [-0.15, -0.1) is 0 Å². The monoisotopic (exact) mass is 1190 g/mol. The van der Waals surface area contributed by atoms with Crippen LogP contribution in [0.3, 0.4) is 0 Å². The number of amides is 5. The maximum atomic E-state index is 14.1. The number of benzene rings is 3. The van der Waals surface area contributed by atoms with Gasteiger partial charge in [0.25, 0.3) is 5.91 Å². The molecule has 2 heterocycles. The average molecular weight is 1190 g/mol. The number of aliphatic hydroxyl groups is 1. The number of carboxylic acids is 1. The standard InChI is InChI=1S/C62H78N8O16/c1-10-49(74)48(25-40-29-64-30-66-40)70-61(83)46(37(8)71)28-53(78)36(7)68-58(80)32(3)22-51(76)34(5)69-60(82)38(24-52(77)35(6)67-57(79)31(2)21-50(75)33(4)63-9)13-11-12-20-65-59(81)39-14-17-43(62(84)85)47(23-39)56-44-18-15-41(72)26-54(44)86-55-27-42(73)16-19-45(55)56/h14-19,23,26-27,29-38,46,48,63,71-72H,10-13,20-22,24-25,28H2,1-9H3,(H,64,66)(H,65,81)(H,67,79)(H,68,80)(H,69,82)(H,70,83)(H,84,85)/t31-,32-,33+,34+,35+,36+,37-,38-,46+,48+/m0/s1. The molecule has 2 aromatic carbocycles. The first kappa shape index (κ1) is 68.0. The van der Waals surface area contributed by atoms with E-state index >= 15 is 0 Å². The molecule has 0 bridgehead atoms. The zero-order valence-corrected chi connectivity index (χ0v) is 49.8. The lowest BCUT2D eigenvalue weighted by Crippen LogP contribution is -2.49. The van der Waals surface area contributed by atoms with Gasteiger partial charge in [0.05, 0.1) is 54.1 Å². The van der Waals surface area contributed by atoms with E-state index < -0.39 is 126 Å². The highest BCUT2D eigenvalue weighted by Crippen LogP contribution is 2.42. The molecule has 5 rings (SSSR count). The Bertz CT molecular complexity index is 3340. The Morgan fingerprint density at radius 3 is 1.84 bits per heavy atom. The van der Waals surface area contributed by atoms with Gasteiger partial charge < -0.3 is 56.6 Å². The third-order valence-electron chi connectivity index (χ3n) is 15.3. The summed E-state index contributed by atoms with van der Waals surface area (Å²) in [6, 6.07) is 7.36. The highest BCUT2D eigenvalue weighted by molar-refractivity contribution is 6.09. The molecule has 24 nitrogen and oxygen atoms in total. The van der Waals surface area contributed by atoms with Crippen molar-refractivity contribution >= 4 is 75.4 Å². The summed E-state index contributed by atoms with van der Waals surface area (Å²) in [4.78, 5) is 165. The van der Waals surface area contributed by atoms with Gasteiger partial charge in [0.2, 0.25) is 23.6 Å². The quantitative estimate of drug-likeness (QED) is 0.0204. The number of carbonyl (C=O) groups excluding carboxylic acids is 10. The van der Waals surface area contributed by atoms with Gasteiger partial charge in [-0.1, -0.05) is 27.2 Å². The lowest BCUT2D eigenvalue weighted by molar-refractivity contribution is -0.137. The highest BCUT2D eigenvalue weighted by Gasteiger charge is 2.34. The number of nitrogens with zero attached hydrogens (tertiary/aromatic N) is 1. The number of phenols is 1. The average Bonchev–Trinajstić information content (AvgIpc) is 0.877. The molecule has 1 aliphatic carbocycles. The van der Waals surface area contributed by atoms with E-state index in [4.69, 9.17) is 4.42 Å². The lowest BCUT2D eigenvalue weighted by Gasteiger charge is -2.24. The van der Waals surface area contributed by atoms with Gasteiger partial charge in [-0.05, 0) is 103 Å². The van der Waals surface area contributed by atoms with Crippen molar-refractivity contribution in [3.05, 3.63) is 94.2 Å². The number of fused-ring (bicyclic) bond motifs is 2. The summed E-state index contributed by atoms with van der Waals surface area (Å²) in [7, 11) is 1.61.